The van der Waals surface area contributed by atoms with E-state index in [4.69, 9.17) is 0 Å². The first kappa shape index (κ1) is 13.1. The Bertz CT molecular complexity index is 510. The number of nitrogens with one attached hydrogen (secondary N) is 2. The zero-order valence-corrected chi connectivity index (χ0v) is 11.0. The maximum Gasteiger partial charge on any atom is 0.238 e. The van der Waals surface area contributed by atoms with Gasteiger partial charge in [0.05, 0.1) is 18.0 Å². The lowest BCUT2D eigenvalue weighted by Gasteiger charge is -2.23. The molecule has 100 valence electrons. The normalized spacial score (nSPS) is 24.4. The SMILES string of the molecule is CC(NC(=O)C1CCCCS1(=O)=O)c1cn[nH]c1. The summed E-state index contributed by atoms with van der Waals surface area (Å²) in [7, 11) is -3.27. The number of sulfone groups is 1. The summed E-state index contributed by atoms with van der Waals surface area (Å²) in [6.45, 7) is 1.80. The van der Waals surface area contributed by atoms with Crippen LogP contribution in [0.5, 0.6) is 0 Å². The molecule has 2 heterocycles. The van der Waals surface area contributed by atoms with Gasteiger partial charge >= 0.3 is 0 Å². The number of hydrogen-bond donors (Lipinski definition) is 2. The van der Waals surface area contributed by atoms with Gasteiger partial charge in [-0.3, -0.25) is 9.89 Å². The smallest absolute Gasteiger partial charge is 0.238 e. The van der Waals surface area contributed by atoms with Crippen molar-refractivity contribution in [2.75, 3.05) is 5.75 Å². The van der Waals surface area contributed by atoms with Crippen molar-refractivity contribution in [1.29, 1.82) is 0 Å². The number of carbonyl (C=O) groups excluding carboxylic acids is 1. The predicted molar refractivity (Wildman–Crippen MR) is 66.6 cm³/mol. The lowest BCUT2D eigenvalue weighted by Crippen LogP contribution is -2.43. The first-order valence-electron chi connectivity index (χ1n) is 6.01. The maximum atomic E-state index is 12.0. The van der Waals surface area contributed by atoms with Crippen LogP contribution in [0.15, 0.2) is 12.4 Å². The van der Waals surface area contributed by atoms with Crippen LogP contribution in [0.25, 0.3) is 0 Å². The van der Waals surface area contributed by atoms with Crippen LogP contribution in [0.4, 0.5) is 0 Å². The molecule has 1 fully saturated rings. The number of aromatic nitrogens is 2. The van der Waals surface area contributed by atoms with Crippen molar-refractivity contribution < 1.29 is 13.2 Å². The fourth-order valence-corrected chi connectivity index (χ4v) is 3.95. The molecule has 0 aromatic carbocycles. The zero-order chi connectivity index (χ0) is 13.2. The van der Waals surface area contributed by atoms with E-state index in [2.05, 4.69) is 15.5 Å². The van der Waals surface area contributed by atoms with E-state index in [0.717, 1.165) is 12.0 Å². The average Bonchev–Trinajstić information content (AvgIpc) is 2.81. The summed E-state index contributed by atoms with van der Waals surface area (Å²) in [4.78, 5) is 12.0. The van der Waals surface area contributed by atoms with Crippen molar-refractivity contribution in [3.63, 3.8) is 0 Å². The summed E-state index contributed by atoms with van der Waals surface area (Å²) in [5.41, 5.74) is 0.830. The third-order valence-corrected chi connectivity index (χ3v) is 5.42. The summed E-state index contributed by atoms with van der Waals surface area (Å²) < 4.78 is 23.6. The van der Waals surface area contributed by atoms with Gasteiger partial charge in [-0.2, -0.15) is 5.10 Å². The topological polar surface area (TPSA) is 91.9 Å². The van der Waals surface area contributed by atoms with Gasteiger partial charge in [-0.1, -0.05) is 6.42 Å². The summed E-state index contributed by atoms with van der Waals surface area (Å²) in [5.74, 6) is -0.283. The van der Waals surface area contributed by atoms with Crippen LogP contribution in [0.3, 0.4) is 0 Å². The van der Waals surface area contributed by atoms with Crippen molar-refractivity contribution in [3.05, 3.63) is 18.0 Å². The second-order valence-electron chi connectivity index (χ2n) is 4.61. The number of H-pyrrole nitrogens is 1. The molecule has 0 saturated carbocycles. The molecular weight excluding hydrogens is 254 g/mol. The van der Waals surface area contributed by atoms with Crippen LogP contribution in [0, 0.1) is 0 Å². The van der Waals surface area contributed by atoms with Gasteiger partial charge in [-0.25, -0.2) is 8.42 Å². The number of amides is 1. The quantitative estimate of drug-likeness (QED) is 0.840. The fraction of sp³-hybridized carbons (Fsp3) is 0.636. The van der Waals surface area contributed by atoms with Crippen molar-refractivity contribution in [2.45, 2.75) is 37.5 Å². The molecule has 0 spiro atoms. The van der Waals surface area contributed by atoms with E-state index in [-0.39, 0.29) is 11.8 Å². The van der Waals surface area contributed by atoms with Crippen LogP contribution >= 0.6 is 0 Å². The molecule has 0 radical (unpaired) electrons. The van der Waals surface area contributed by atoms with E-state index in [1.807, 2.05) is 0 Å². The Hall–Kier alpha value is -1.37. The van der Waals surface area contributed by atoms with Gasteiger partial charge in [0.2, 0.25) is 5.91 Å². The minimum atomic E-state index is -3.27. The highest BCUT2D eigenvalue weighted by Gasteiger charge is 2.35. The lowest BCUT2D eigenvalue weighted by atomic mass is 10.1. The van der Waals surface area contributed by atoms with Crippen LogP contribution in [0.1, 0.15) is 37.8 Å². The van der Waals surface area contributed by atoms with Crippen molar-refractivity contribution >= 4 is 15.7 Å². The molecule has 1 aromatic rings. The first-order chi connectivity index (χ1) is 8.50. The van der Waals surface area contributed by atoms with Crippen molar-refractivity contribution in [1.82, 2.24) is 15.5 Å². The molecule has 1 aromatic heterocycles. The molecule has 2 N–H and O–H groups in total. The Labute approximate surface area is 106 Å². The van der Waals surface area contributed by atoms with E-state index in [0.29, 0.717) is 12.8 Å². The van der Waals surface area contributed by atoms with E-state index >= 15 is 0 Å². The predicted octanol–water partition coefficient (Wildman–Crippen LogP) is 0.554. The minimum absolute atomic E-state index is 0.116. The van der Waals surface area contributed by atoms with Gasteiger partial charge < -0.3 is 5.32 Å². The highest BCUT2D eigenvalue weighted by Crippen LogP contribution is 2.20. The van der Waals surface area contributed by atoms with E-state index in [9.17, 15) is 13.2 Å². The largest absolute Gasteiger partial charge is 0.348 e. The summed E-state index contributed by atoms with van der Waals surface area (Å²) in [6, 6.07) is -0.242. The van der Waals surface area contributed by atoms with Gasteiger partial charge in [0, 0.05) is 11.8 Å². The van der Waals surface area contributed by atoms with E-state index in [1.165, 1.54) is 0 Å². The molecule has 1 amide bonds. The third kappa shape index (κ3) is 2.72. The second kappa shape index (κ2) is 5.09. The Morgan fingerprint density at radius 2 is 2.33 bits per heavy atom. The summed E-state index contributed by atoms with van der Waals surface area (Å²) in [6.07, 6.45) is 5.16. The minimum Gasteiger partial charge on any atom is -0.348 e. The highest BCUT2D eigenvalue weighted by atomic mass is 32.2. The molecule has 2 unspecified atom stereocenters. The maximum absolute atomic E-state index is 12.0. The molecule has 7 heteroatoms. The molecular formula is C11H17N3O3S. The number of nitrogens with zero attached hydrogens (tertiary/aromatic N) is 1. The Kier molecular flexibility index (Phi) is 3.70. The molecule has 1 saturated heterocycles. The molecule has 18 heavy (non-hydrogen) atoms. The lowest BCUT2D eigenvalue weighted by molar-refractivity contribution is -0.121. The van der Waals surface area contributed by atoms with Crippen LogP contribution in [0.2, 0.25) is 0 Å². The molecule has 2 rings (SSSR count). The second-order valence-corrected chi connectivity index (χ2v) is 6.92. The molecule has 1 aliphatic rings. The van der Waals surface area contributed by atoms with Gasteiger partial charge in [0.25, 0.3) is 0 Å². The third-order valence-electron chi connectivity index (χ3n) is 3.25. The Morgan fingerprint density at radius 1 is 1.56 bits per heavy atom. The number of hydrogen-bond acceptors (Lipinski definition) is 4. The van der Waals surface area contributed by atoms with Crippen molar-refractivity contribution in [2.24, 2.45) is 0 Å². The van der Waals surface area contributed by atoms with Gasteiger partial charge in [0.15, 0.2) is 9.84 Å². The highest BCUT2D eigenvalue weighted by molar-refractivity contribution is 7.92. The zero-order valence-electron chi connectivity index (χ0n) is 10.2. The molecule has 6 nitrogen and oxygen atoms in total. The Morgan fingerprint density at radius 3 is 2.94 bits per heavy atom. The molecule has 1 aliphatic heterocycles. The number of carbonyl (C=O) groups is 1. The van der Waals surface area contributed by atoms with Crippen LogP contribution < -0.4 is 5.32 Å². The molecule has 0 bridgehead atoms. The fourth-order valence-electron chi connectivity index (χ4n) is 2.14. The van der Waals surface area contributed by atoms with Crippen LogP contribution in [-0.4, -0.2) is 35.5 Å². The summed E-state index contributed by atoms with van der Waals surface area (Å²) >= 11 is 0. The van der Waals surface area contributed by atoms with Gasteiger partial charge in [-0.15, -0.1) is 0 Å². The molecule has 2 atom stereocenters. The summed E-state index contributed by atoms with van der Waals surface area (Å²) in [5, 5.41) is 8.30. The first-order valence-corrected chi connectivity index (χ1v) is 7.73. The monoisotopic (exact) mass is 271 g/mol. The number of aromatic amines is 1. The standard InChI is InChI=1S/C11H17N3O3S/c1-8(9-6-12-13-7-9)14-11(15)10-4-2-3-5-18(10,16)17/h6-8,10H,2-5H2,1H3,(H,12,13)(H,14,15). The Balaban J connectivity index is 2.03. The average molecular weight is 271 g/mol. The van der Waals surface area contributed by atoms with Crippen molar-refractivity contribution in [3.8, 4) is 0 Å². The van der Waals surface area contributed by atoms with E-state index in [1.54, 1.807) is 19.3 Å². The van der Waals surface area contributed by atoms with E-state index < -0.39 is 21.0 Å². The molecule has 0 aliphatic carbocycles. The van der Waals surface area contributed by atoms with Gasteiger partial charge in [0.1, 0.15) is 5.25 Å². The number of rotatable bonds is 3. The van der Waals surface area contributed by atoms with Crippen LogP contribution in [-0.2, 0) is 14.6 Å². The van der Waals surface area contributed by atoms with Gasteiger partial charge in [-0.05, 0) is 19.8 Å².